The van der Waals surface area contributed by atoms with Crippen LogP contribution in [0.4, 0.5) is 0 Å². The number of amides is 1. The molecule has 5 nitrogen and oxygen atoms in total. The molecule has 0 unspecified atom stereocenters. The van der Waals surface area contributed by atoms with E-state index in [2.05, 4.69) is 17.1 Å². The predicted molar refractivity (Wildman–Crippen MR) is 96.8 cm³/mol. The molecular formula is C18H24N4OS. The van der Waals surface area contributed by atoms with Crippen molar-refractivity contribution in [2.24, 2.45) is 13.0 Å². The number of thioether (sulfide) groups is 1. The molecule has 0 bridgehead atoms. The summed E-state index contributed by atoms with van der Waals surface area (Å²) < 4.78 is 1.99. The first-order chi connectivity index (χ1) is 11.6. The molecule has 1 aliphatic rings. The van der Waals surface area contributed by atoms with Crippen molar-refractivity contribution in [3.63, 3.8) is 0 Å². The topological polar surface area (TPSA) is 51.0 Å². The number of hydrogen-bond donors (Lipinski definition) is 0. The second-order valence-corrected chi connectivity index (χ2v) is 7.46. The molecule has 1 aliphatic heterocycles. The van der Waals surface area contributed by atoms with E-state index in [0.717, 1.165) is 54.1 Å². The molecule has 1 aromatic heterocycles. The van der Waals surface area contributed by atoms with Crippen LogP contribution in [0.3, 0.4) is 0 Å². The molecule has 24 heavy (non-hydrogen) atoms. The standard InChI is InChI=1S/C18H24N4OS/c1-14-8-11-22(12-9-14)16(23)10-13-24-18-20-19-17(21(18)2)15-6-4-3-5-7-15/h3-7,14H,8-13H2,1-2H3. The Hall–Kier alpha value is -1.82. The first-order valence-corrected chi connectivity index (χ1v) is 9.49. The monoisotopic (exact) mass is 344 g/mol. The van der Waals surface area contributed by atoms with Crippen molar-refractivity contribution in [2.75, 3.05) is 18.8 Å². The Kier molecular flexibility index (Phi) is 5.56. The number of carbonyl (C=O) groups excluding carboxylic acids is 1. The SMILES string of the molecule is CC1CCN(C(=O)CCSc2nnc(-c3ccccc3)n2C)CC1. The maximum atomic E-state index is 12.3. The van der Waals surface area contributed by atoms with E-state index < -0.39 is 0 Å². The highest BCUT2D eigenvalue weighted by atomic mass is 32.2. The zero-order valence-corrected chi connectivity index (χ0v) is 15.1. The molecule has 1 amide bonds. The normalized spacial score (nSPS) is 15.7. The van der Waals surface area contributed by atoms with Gasteiger partial charge in [0.1, 0.15) is 0 Å². The van der Waals surface area contributed by atoms with Crippen LogP contribution in [0, 0.1) is 5.92 Å². The van der Waals surface area contributed by atoms with Crippen LogP contribution < -0.4 is 0 Å². The highest BCUT2D eigenvalue weighted by Gasteiger charge is 2.20. The van der Waals surface area contributed by atoms with E-state index in [9.17, 15) is 4.79 Å². The van der Waals surface area contributed by atoms with E-state index >= 15 is 0 Å². The van der Waals surface area contributed by atoms with E-state index in [0.29, 0.717) is 6.42 Å². The van der Waals surface area contributed by atoms with Gasteiger partial charge in [0.05, 0.1) is 0 Å². The summed E-state index contributed by atoms with van der Waals surface area (Å²) in [4.78, 5) is 14.3. The maximum Gasteiger partial charge on any atom is 0.223 e. The van der Waals surface area contributed by atoms with Crippen molar-refractivity contribution in [3.8, 4) is 11.4 Å². The number of aromatic nitrogens is 3. The molecule has 1 aromatic carbocycles. The summed E-state index contributed by atoms with van der Waals surface area (Å²) in [5.74, 6) is 2.61. The molecular weight excluding hydrogens is 320 g/mol. The van der Waals surface area contributed by atoms with Crippen LogP contribution in [0.5, 0.6) is 0 Å². The Morgan fingerprint density at radius 2 is 1.92 bits per heavy atom. The van der Waals surface area contributed by atoms with Gasteiger partial charge in [-0.1, -0.05) is 49.0 Å². The molecule has 0 N–H and O–H groups in total. The molecule has 0 saturated carbocycles. The quantitative estimate of drug-likeness (QED) is 0.782. The second-order valence-electron chi connectivity index (χ2n) is 6.39. The third kappa shape index (κ3) is 3.98. The van der Waals surface area contributed by atoms with Gasteiger partial charge in [-0.2, -0.15) is 0 Å². The van der Waals surface area contributed by atoms with Gasteiger partial charge in [-0.25, -0.2) is 0 Å². The van der Waals surface area contributed by atoms with Gasteiger partial charge in [0.15, 0.2) is 11.0 Å². The molecule has 0 radical (unpaired) electrons. The summed E-state index contributed by atoms with van der Waals surface area (Å²) in [5, 5.41) is 9.40. The van der Waals surface area contributed by atoms with Crippen LogP contribution in [0.15, 0.2) is 35.5 Å². The Morgan fingerprint density at radius 3 is 2.62 bits per heavy atom. The summed E-state index contributed by atoms with van der Waals surface area (Å²) in [7, 11) is 1.97. The zero-order valence-electron chi connectivity index (χ0n) is 14.3. The number of likely N-dealkylation sites (tertiary alicyclic amines) is 1. The minimum absolute atomic E-state index is 0.264. The molecule has 1 saturated heterocycles. The lowest BCUT2D eigenvalue weighted by molar-refractivity contribution is -0.132. The van der Waals surface area contributed by atoms with Crippen LogP contribution in [0.2, 0.25) is 0 Å². The van der Waals surface area contributed by atoms with Gasteiger partial charge in [-0.15, -0.1) is 10.2 Å². The van der Waals surface area contributed by atoms with E-state index in [1.807, 2.05) is 46.8 Å². The fourth-order valence-electron chi connectivity index (χ4n) is 2.92. The van der Waals surface area contributed by atoms with E-state index in [4.69, 9.17) is 0 Å². The number of carbonyl (C=O) groups is 1. The number of piperidine rings is 1. The van der Waals surface area contributed by atoms with Crippen LogP contribution in [0.1, 0.15) is 26.2 Å². The third-order valence-corrected chi connectivity index (χ3v) is 5.57. The number of benzene rings is 1. The van der Waals surface area contributed by atoms with Crippen LogP contribution >= 0.6 is 11.8 Å². The van der Waals surface area contributed by atoms with Crippen molar-refractivity contribution in [1.82, 2.24) is 19.7 Å². The molecule has 128 valence electrons. The molecule has 3 rings (SSSR count). The molecule has 0 aliphatic carbocycles. The Morgan fingerprint density at radius 1 is 1.21 bits per heavy atom. The summed E-state index contributed by atoms with van der Waals surface area (Å²) in [6.07, 6.45) is 2.82. The first kappa shape index (κ1) is 17.0. The molecule has 0 atom stereocenters. The fraction of sp³-hybridized carbons (Fsp3) is 0.500. The lowest BCUT2D eigenvalue weighted by Gasteiger charge is -2.30. The predicted octanol–water partition coefficient (Wildman–Crippen LogP) is 3.22. The first-order valence-electron chi connectivity index (χ1n) is 8.50. The molecule has 2 aromatic rings. The zero-order chi connectivity index (χ0) is 16.9. The van der Waals surface area contributed by atoms with Gasteiger partial charge in [0, 0.05) is 37.9 Å². The molecule has 0 spiro atoms. The highest BCUT2D eigenvalue weighted by Crippen LogP contribution is 2.23. The second kappa shape index (κ2) is 7.83. The smallest absolute Gasteiger partial charge is 0.223 e. The maximum absolute atomic E-state index is 12.3. The number of nitrogens with zero attached hydrogens (tertiary/aromatic N) is 4. The summed E-state index contributed by atoms with van der Waals surface area (Å²) in [6.45, 7) is 4.08. The number of hydrogen-bond acceptors (Lipinski definition) is 4. The van der Waals surface area contributed by atoms with Crippen molar-refractivity contribution in [3.05, 3.63) is 30.3 Å². The van der Waals surface area contributed by atoms with Crippen molar-refractivity contribution in [1.29, 1.82) is 0 Å². The van der Waals surface area contributed by atoms with Gasteiger partial charge in [-0.3, -0.25) is 4.79 Å². The number of rotatable bonds is 5. The van der Waals surface area contributed by atoms with Gasteiger partial charge >= 0.3 is 0 Å². The Labute approximate surface area is 147 Å². The van der Waals surface area contributed by atoms with E-state index in [1.165, 1.54) is 0 Å². The fourth-order valence-corrected chi connectivity index (χ4v) is 3.76. The van der Waals surface area contributed by atoms with Crippen molar-refractivity contribution >= 4 is 17.7 Å². The van der Waals surface area contributed by atoms with E-state index in [-0.39, 0.29) is 5.91 Å². The summed E-state index contributed by atoms with van der Waals surface area (Å²) in [5.41, 5.74) is 1.05. The van der Waals surface area contributed by atoms with Gasteiger partial charge < -0.3 is 9.47 Å². The summed E-state index contributed by atoms with van der Waals surface area (Å²) >= 11 is 1.60. The lowest BCUT2D eigenvalue weighted by Crippen LogP contribution is -2.38. The van der Waals surface area contributed by atoms with Crippen molar-refractivity contribution < 1.29 is 4.79 Å². The average Bonchev–Trinajstić information content (AvgIpc) is 2.97. The third-order valence-electron chi connectivity index (χ3n) is 4.55. The minimum atomic E-state index is 0.264. The highest BCUT2D eigenvalue weighted by molar-refractivity contribution is 7.99. The van der Waals surface area contributed by atoms with Crippen LogP contribution in [-0.4, -0.2) is 44.4 Å². The van der Waals surface area contributed by atoms with Gasteiger partial charge in [0.25, 0.3) is 0 Å². The Bertz CT molecular complexity index is 678. The molecule has 2 heterocycles. The molecule has 6 heteroatoms. The van der Waals surface area contributed by atoms with Gasteiger partial charge in [0.2, 0.25) is 5.91 Å². The van der Waals surface area contributed by atoms with Gasteiger partial charge in [-0.05, 0) is 18.8 Å². The minimum Gasteiger partial charge on any atom is -0.343 e. The van der Waals surface area contributed by atoms with E-state index in [1.54, 1.807) is 11.8 Å². The van der Waals surface area contributed by atoms with Crippen LogP contribution in [-0.2, 0) is 11.8 Å². The van der Waals surface area contributed by atoms with Crippen LogP contribution in [0.25, 0.3) is 11.4 Å². The Balaban J connectivity index is 1.52. The lowest BCUT2D eigenvalue weighted by atomic mass is 9.99. The van der Waals surface area contributed by atoms with Crippen molar-refractivity contribution in [2.45, 2.75) is 31.3 Å². The average molecular weight is 344 g/mol. The summed E-state index contributed by atoms with van der Waals surface area (Å²) in [6, 6.07) is 10.0. The largest absolute Gasteiger partial charge is 0.343 e. The molecule has 1 fully saturated rings.